The molecular formula is C15H16FN3. The molecule has 0 aliphatic rings. The van der Waals surface area contributed by atoms with Gasteiger partial charge in [0.05, 0.1) is 0 Å². The number of nitrogens with zero attached hydrogens (tertiary/aromatic N) is 1. The molecule has 4 heteroatoms. The molecular weight excluding hydrogens is 241 g/mol. The van der Waals surface area contributed by atoms with Gasteiger partial charge in [0, 0.05) is 30.4 Å². The van der Waals surface area contributed by atoms with Crippen molar-refractivity contribution in [2.45, 2.75) is 6.54 Å². The summed E-state index contributed by atoms with van der Waals surface area (Å²) in [4.78, 5) is 1.96. The van der Waals surface area contributed by atoms with E-state index in [0.29, 0.717) is 17.7 Å². The molecule has 0 fully saturated rings. The second kappa shape index (κ2) is 5.52. The SMILES string of the molecule is CN(Cc1ccc(C(=N)N)cc1F)c1ccccc1. The molecule has 3 N–H and O–H groups in total. The molecule has 0 aromatic heterocycles. The predicted molar refractivity (Wildman–Crippen MR) is 76.0 cm³/mol. The Kier molecular flexibility index (Phi) is 3.80. The number of rotatable bonds is 4. The summed E-state index contributed by atoms with van der Waals surface area (Å²) in [7, 11) is 1.91. The summed E-state index contributed by atoms with van der Waals surface area (Å²) in [5.41, 5.74) is 7.34. The highest BCUT2D eigenvalue weighted by molar-refractivity contribution is 5.94. The van der Waals surface area contributed by atoms with Crippen LogP contribution in [0.4, 0.5) is 10.1 Å². The molecule has 0 aliphatic carbocycles. The first kappa shape index (κ1) is 13.1. The van der Waals surface area contributed by atoms with Crippen LogP contribution in [0.3, 0.4) is 0 Å². The Morgan fingerprint density at radius 3 is 2.47 bits per heavy atom. The normalized spacial score (nSPS) is 10.2. The van der Waals surface area contributed by atoms with Gasteiger partial charge in [0.15, 0.2) is 0 Å². The summed E-state index contributed by atoms with van der Waals surface area (Å²) in [6.45, 7) is 0.466. The molecule has 2 aromatic carbocycles. The van der Waals surface area contributed by atoms with Crippen molar-refractivity contribution >= 4 is 11.5 Å². The van der Waals surface area contributed by atoms with Gasteiger partial charge in [-0.15, -0.1) is 0 Å². The first-order valence-electron chi connectivity index (χ1n) is 5.97. The maximum atomic E-state index is 13.9. The zero-order chi connectivity index (χ0) is 13.8. The number of halogens is 1. The summed E-state index contributed by atoms with van der Waals surface area (Å²) < 4.78 is 13.9. The first-order valence-corrected chi connectivity index (χ1v) is 5.97. The van der Waals surface area contributed by atoms with E-state index in [2.05, 4.69) is 0 Å². The van der Waals surface area contributed by atoms with Gasteiger partial charge >= 0.3 is 0 Å². The molecule has 3 nitrogen and oxygen atoms in total. The zero-order valence-corrected chi connectivity index (χ0v) is 10.7. The van der Waals surface area contributed by atoms with Crippen molar-refractivity contribution in [2.24, 2.45) is 5.73 Å². The molecule has 0 spiro atoms. The van der Waals surface area contributed by atoms with E-state index in [4.69, 9.17) is 11.1 Å². The molecule has 2 rings (SSSR count). The van der Waals surface area contributed by atoms with E-state index in [9.17, 15) is 4.39 Å². The molecule has 0 unspecified atom stereocenters. The molecule has 19 heavy (non-hydrogen) atoms. The first-order chi connectivity index (χ1) is 9.08. The van der Waals surface area contributed by atoms with Gasteiger partial charge in [-0.1, -0.05) is 30.3 Å². The Hall–Kier alpha value is -2.36. The number of para-hydroxylation sites is 1. The van der Waals surface area contributed by atoms with Gasteiger partial charge in [-0.05, 0) is 18.2 Å². The molecule has 98 valence electrons. The van der Waals surface area contributed by atoms with Crippen molar-refractivity contribution in [2.75, 3.05) is 11.9 Å². The van der Waals surface area contributed by atoms with Crippen molar-refractivity contribution < 1.29 is 4.39 Å². The lowest BCUT2D eigenvalue weighted by molar-refractivity contribution is 0.607. The minimum atomic E-state index is -0.338. The van der Waals surface area contributed by atoms with Gasteiger partial charge in [-0.25, -0.2) is 4.39 Å². The summed E-state index contributed by atoms with van der Waals surface area (Å²) in [6, 6.07) is 14.4. The molecule has 0 amide bonds. The van der Waals surface area contributed by atoms with Gasteiger partial charge in [-0.3, -0.25) is 5.41 Å². The molecule has 0 saturated heterocycles. The molecule has 0 heterocycles. The average molecular weight is 257 g/mol. The lowest BCUT2D eigenvalue weighted by Gasteiger charge is -2.19. The zero-order valence-electron chi connectivity index (χ0n) is 10.7. The molecule has 0 bridgehead atoms. The summed E-state index contributed by atoms with van der Waals surface area (Å²) >= 11 is 0. The number of nitrogen functional groups attached to an aromatic ring is 1. The second-order valence-corrected chi connectivity index (χ2v) is 4.41. The quantitative estimate of drug-likeness (QED) is 0.653. The summed E-state index contributed by atoms with van der Waals surface area (Å²) in [6.07, 6.45) is 0. The van der Waals surface area contributed by atoms with Gasteiger partial charge in [-0.2, -0.15) is 0 Å². The van der Waals surface area contributed by atoms with E-state index in [1.807, 2.05) is 42.3 Å². The van der Waals surface area contributed by atoms with Crippen LogP contribution in [-0.2, 0) is 6.54 Å². The molecule has 0 atom stereocenters. The molecule has 0 aliphatic heterocycles. The standard InChI is InChI=1S/C15H16FN3/c1-19(13-5-3-2-4-6-13)10-12-8-7-11(15(17)18)9-14(12)16/h2-9H,10H2,1H3,(H3,17,18). The minimum absolute atomic E-state index is 0.123. The van der Waals surface area contributed by atoms with Crippen molar-refractivity contribution in [1.82, 2.24) is 0 Å². The highest BCUT2D eigenvalue weighted by Crippen LogP contribution is 2.17. The fourth-order valence-electron chi connectivity index (χ4n) is 1.87. The van der Waals surface area contributed by atoms with Crippen molar-refractivity contribution in [3.63, 3.8) is 0 Å². The van der Waals surface area contributed by atoms with E-state index < -0.39 is 0 Å². The molecule has 2 aromatic rings. The average Bonchev–Trinajstić information content (AvgIpc) is 2.41. The lowest BCUT2D eigenvalue weighted by atomic mass is 10.1. The second-order valence-electron chi connectivity index (χ2n) is 4.41. The Bertz CT molecular complexity index is 581. The van der Waals surface area contributed by atoms with E-state index in [0.717, 1.165) is 5.69 Å². The predicted octanol–water partition coefficient (Wildman–Crippen LogP) is 2.75. The monoisotopic (exact) mass is 257 g/mol. The third kappa shape index (κ3) is 3.10. The van der Waals surface area contributed by atoms with Crippen LogP contribution in [0.15, 0.2) is 48.5 Å². The third-order valence-electron chi connectivity index (χ3n) is 2.97. The number of hydrogen-bond donors (Lipinski definition) is 2. The minimum Gasteiger partial charge on any atom is -0.384 e. The van der Waals surface area contributed by atoms with Crippen LogP contribution in [0.5, 0.6) is 0 Å². The van der Waals surface area contributed by atoms with Crippen LogP contribution in [0.2, 0.25) is 0 Å². The Morgan fingerprint density at radius 1 is 1.21 bits per heavy atom. The largest absolute Gasteiger partial charge is 0.384 e. The van der Waals surface area contributed by atoms with E-state index in [1.54, 1.807) is 12.1 Å². The van der Waals surface area contributed by atoms with E-state index in [1.165, 1.54) is 6.07 Å². The summed E-state index contributed by atoms with van der Waals surface area (Å²) in [5, 5.41) is 7.28. The Balaban J connectivity index is 2.18. The maximum absolute atomic E-state index is 13.9. The van der Waals surface area contributed by atoms with Crippen LogP contribution < -0.4 is 10.6 Å². The smallest absolute Gasteiger partial charge is 0.128 e. The van der Waals surface area contributed by atoms with Crippen LogP contribution in [0.25, 0.3) is 0 Å². The van der Waals surface area contributed by atoms with Crippen molar-refractivity contribution in [1.29, 1.82) is 5.41 Å². The van der Waals surface area contributed by atoms with Crippen molar-refractivity contribution in [3.05, 3.63) is 65.5 Å². The summed E-state index contributed by atoms with van der Waals surface area (Å²) in [5.74, 6) is -0.461. The van der Waals surface area contributed by atoms with Gasteiger partial charge in [0.25, 0.3) is 0 Å². The number of nitrogens with two attached hydrogens (primary N) is 1. The molecule has 0 saturated carbocycles. The van der Waals surface area contributed by atoms with Crippen molar-refractivity contribution in [3.8, 4) is 0 Å². The maximum Gasteiger partial charge on any atom is 0.128 e. The van der Waals surface area contributed by atoms with Gasteiger partial charge in [0.2, 0.25) is 0 Å². The Morgan fingerprint density at radius 2 is 1.89 bits per heavy atom. The van der Waals surface area contributed by atoms with Crippen LogP contribution in [0.1, 0.15) is 11.1 Å². The highest BCUT2D eigenvalue weighted by Gasteiger charge is 2.08. The van der Waals surface area contributed by atoms with E-state index in [-0.39, 0.29) is 11.7 Å². The number of benzene rings is 2. The number of amidine groups is 1. The van der Waals surface area contributed by atoms with Gasteiger partial charge in [0.1, 0.15) is 11.7 Å². The Labute approximate surface area is 112 Å². The fraction of sp³-hybridized carbons (Fsp3) is 0.133. The molecule has 0 radical (unpaired) electrons. The number of nitrogens with one attached hydrogen (secondary N) is 1. The van der Waals surface area contributed by atoms with Gasteiger partial charge < -0.3 is 10.6 Å². The van der Waals surface area contributed by atoms with E-state index >= 15 is 0 Å². The lowest BCUT2D eigenvalue weighted by Crippen LogP contribution is -2.18. The van der Waals surface area contributed by atoms with Crippen LogP contribution in [0, 0.1) is 11.2 Å². The van der Waals surface area contributed by atoms with Crippen LogP contribution >= 0.6 is 0 Å². The number of hydrogen-bond acceptors (Lipinski definition) is 2. The van der Waals surface area contributed by atoms with Crippen LogP contribution in [-0.4, -0.2) is 12.9 Å². The fourth-order valence-corrected chi connectivity index (χ4v) is 1.87. The third-order valence-corrected chi connectivity index (χ3v) is 2.97. The highest BCUT2D eigenvalue weighted by atomic mass is 19.1. The number of anilines is 1. The topological polar surface area (TPSA) is 53.1 Å².